The molecule has 0 bridgehead atoms. The summed E-state index contributed by atoms with van der Waals surface area (Å²) in [7, 11) is 0. The number of benzene rings is 1. The molecule has 28 heavy (non-hydrogen) atoms. The van der Waals surface area contributed by atoms with Crippen molar-refractivity contribution in [2.45, 2.75) is 32.2 Å². The molecule has 10 heteroatoms. The number of nitrogens with zero attached hydrogens (tertiary/aromatic N) is 2. The van der Waals surface area contributed by atoms with Crippen LogP contribution >= 0.6 is 0 Å². The zero-order chi connectivity index (χ0) is 20.6. The number of carbonyl (C=O) groups excluding carboxylic acids is 4. The second-order valence-electron chi connectivity index (χ2n) is 7.14. The molecule has 1 aromatic carbocycles. The molecule has 1 saturated carbocycles. The molecule has 0 radical (unpaired) electrons. The lowest BCUT2D eigenvalue weighted by atomic mass is 9.96. The number of imide groups is 1. The number of nitro benzene ring substituents is 1. The number of aryl methyl sites for hydroxylation is 1. The number of Topliss-reactive ketones (excluding diaryl/α,β-unsaturated/α-hetero) is 1. The van der Waals surface area contributed by atoms with Gasteiger partial charge in [-0.2, -0.15) is 0 Å². The zero-order valence-corrected chi connectivity index (χ0v) is 15.4. The van der Waals surface area contributed by atoms with Gasteiger partial charge in [0.15, 0.2) is 6.61 Å². The van der Waals surface area contributed by atoms with E-state index in [-0.39, 0.29) is 17.2 Å². The van der Waals surface area contributed by atoms with Crippen molar-refractivity contribution in [3.63, 3.8) is 0 Å². The molecule has 1 aliphatic heterocycles. The smallest absolute Gasteiger partial charge is 0.326 e. The first kappa shape index (κ1) is 19.5. The SMILES string of the molecule is Cc1ccc(C(=O)COC(=O)CN2C(=O)N[C@](C)(C3CC3)C2=O)cc1[N+](=O)[O-]. The molecule has 148 valence electrons. The van der Waals surface area contributed by atoms with Crippen LogP contribution in [0.15, 0.2) is 18.2 Å². The zero-order valence-electron chi connectivity index (χ0n) is 15.4. The minimum atomic E-state index is -1.01. The minimum Gasteiger partial charge on any atom is -0.456 e. The van der Waals surface area contributed by atoms with Crippen LogP contribution in [0.4, 0.5) is 10.5 Å². The van der Waals surface area contributed by atoms with Crippen LogP contribution in [0, 0.1) is 23.0 Å². The first-order chi connectivity index (χ1) is 13.1. The fraction of sp³-hybridized carbons (Fsp3) is 0.444. The van der Waals surface area contributed by atoms with Crippen LogP contribution in [0.1, 0.15) is 35.7 Å². The lowest BCUT2D eigenvalue weighted by Gasteiger charge is -2.20. The van der Waals surface area contributed by atoms with E-state index in [9.17, 15) is 29.3 Å². The number of rotatable bonds is 7. The third-order valence-corrected chi connectivity index (χ3v) is 5.07. The predicted molar refractivity (Wildman–Crippen MR) is 94.5 cm³/mol. The van der Waals surface area contributed by atoms with Crippen LogP contribution in [-0.4, -0.2) is 52.2 Å². The molecule has 1 N–H and O–H groups in total. The summed E-state index contributed by atoms with van der Waals surface area (Å²) in [6, 6.07) is 3.28. The van der Waals surface area contributed by atoms with Gasteiger partial charge in [0, 0.05) is 17.2 Å². The number of ketones is 1. The van der Waals surface area contributed by atoms with Gasteiger partial charge < -0.3 is 10.1 Å². The molecule has 1 saturated heterocycles. The normalized spacial score (nSPS) is 21.4. The Bertz CT molecular complexity index is 893. The average Bonchev–Trinajstić information content (AvgIpc) is 3.46. The lowest BCUT2D eigenvalue weighted by Crippen LogP contribution is -2.46. The van der Waals surface area contributed by atoms with Gasteiger partial charge in [-0.3, -0.25) is 29.4 Å². The summed E-state index contributed by atoms with van der Waals surface area (Å²) in [5.41, 5.74) is -0.790. The van der Waals surface area contributed by atoms with Crippen molar-refractivity contribution < 1.29 is 28.8 Å². The van der Waals surface area contributed by atoms with E-state index < -0.39 is 47.3 Å². The minimum absolute atomic E-state index is 0.0291. The Morgan fingerprint density at radius 2 is 2.04 bits per heavy atom. The maximum Gasteiger partial charge on any atom is 0.326 e. The Morgan fingerprint density at radius 1 is 1.36 bits per heavy atom. The van der Waals surface area contributed by atoms with Gasteiger partial charge in [0.2, 0.25) is 5.78 Å². The van der Waals surface area contributed by atoms with Crippen molar-refractivity contribution in [2.75, 3.05) is 13.2 Å². The highest BCUT2D eigenvalue weighted by atomic mass is 16.6. The summed E-state index contributed by atoms with van der Waals surface area (Å²) in [5.74, 6) is -1.98. The number of nitro groups is 1. The van der Waals surface area contributed by atoms with Gasteiger partial charge in [0.1, 0.15) is 12.1 Å². The van der Waals surface area contributed by atoms with Crippen molar-refractivity contribution in [3.05, 3.63) is 39.4 Å². The molecule has 1 heterocycles. The van der Waals surface area contributed by atoms with Gasteiger partial charge in [-0.25, -0.2) is 4.79 Å². The van der Waals surface area contributed by atoms with E-state index in [1.807, 2.05) is 0 Å². The van der Waals surface area contributed by atoms with Crippen molar-refractivity contribution in [1.29, 1.82) is 0 Å². The predicted octanol–water partition coefficient (Wildman–Crippen LogP) is 1.35. The first-order valence-electron chi connectivity index (χ1n) is 8.71. The quantitative estimate of drug-likeness (QED) is 0.244. The molecular formula is C18H19N3O7. The average molecular weight is 389 g/mol. The molecule has 10 nitrogen and oxygen atoms in total. The van der Waals surface area contributed by atoms with E-state index in [0.29, 0.717) is 5.56 Å². The monoisotopic (exact) mass is 389 g/mol. The largest absolute Gasteiger partial charge is 0.456 e. The number of amides is 3. The molecule has 0 unspecified atom stereocenters. The summed E-state index contributed by atoms with van der Waals surface area (Å²) >= 11 is 0. The number of hydrogen-bond acceptors (Lipinski definition) is 7. The fourth-order valence-corrected chi connectivity index (χ4v) is 3.18. The summed E-state index contributed by atoms with van der Waals surface area (Å²) in [4.78, 5) is 59.7. The number of urea groups is 1. The number of esters is 1. The molecule has 1 aliphatic carbocycles. The molecule has 3 amide bonds. The maximum absolute atomic E-state index is 12.5. The Hall–Kier alpha value is -3.30. The summed E-state index contributed by atoms with van der Waals surface area (Å²) in [6.45, 7) is 1.92. The maximum atomic E-state index is 12.5. The third-order valence-electron chi connectivity index (χ3n) is 5.07. The van der Waals surface area contributed by atoms with Gasteiger partial charge in [0.05, 0.1) is 4.92 Å². The highest BCUT2D eigenvalue weighted by Crippen LogP contribution is 2.42. The van der Waals surface area contributed by atoms with Crippen LogP contribution in [0.3, 0.4) is 0 Å². The van der Waals surface area contributed by atoms with Crippen molar-refractivity contribution >= 4 is 29.4 Å². The summed E-state index contributed by atoms with van der Waals surface area (Å²) in [6.07, 6.45) is 1.66. The van der Waals surface area contributed by atoms with Crippen molar-refractivity contribution in [2.24, 2.45) is 5.92 Å². The van der Waals surface area contributed by atoms with Crippen LogP contribution in [0.25, 0.3) is 0 Å². The van der Waals surface area contributed by atoms with Gasteiger partial charge in [0.25, 0.3) is 11.6 Å². The lowest BCUT2D eigenvalue weighted by molar-refractivity contribution is -0.385. The Kier molecular flexibility index (Phi) is 4.88. The van der Waals surface area contributed by atoms with E-state index in [2.05, 4.69) is 5.32 Å². The van der Waals surface area contributed by atoms with Gasteiger partial charge in [-0.05, 0) is 32.6 Å². The molecule has 2 aliphatic rings. The molecule has 0 spiro atoms. The van der Waals surface area contributed by atoms with Crippen LogP contribution < -0.4 is 5.32 Å². The van der Waals surface area contributed by atoms with E-state index in [4.69, 9.17) is 4.74 Å². The molecule has 1 aromatic rings. The number of carbonyl (C=O) groups is 4. The Balaban J connectivity index is 1.58. The van der Waals surface area contributed by atoms with E-state index in [1.54, 1.807) is 13.8 Å². The van der Waals surface area contributed by atoms with Gasteiger partial charge >= 0.3 is 12.0 Å². The van der Waals surface area contributed by atoms with Crippen molar-refractivity contribution in [1.82, 2.24) is 10.2 Å². The molecule has 3 rings (SSSR count). The van der Waals surface area contributed by atoms with E-state index in [0.717, 1.165) is 23.8 Å². The van der Waals surface area contributed by atoms with Crippen LogP contribution in [0.2, 0.25) is 0 Å². The number of nitrogens with one attached hydrogen (secondary N) is 1. The number of hydrogen-bond donors (Lipinski definition) is 1. The first-order valence-corrected chi connectivity index (χ1v) is 8.71. The number of ether oxygens (including phenoxy) is 1. The Labute approximate surface area is 160 Å². The topological polar surface area (TPSA) is 136 Å². The molecule has 2 fully saturated rings. The second-order valence-corrected chi connectivity index (χ2v) is 7.14. The summed E-state index contributed by atoms with van der Waals surface area (Å²) in [5, 5.41) is 13.6. The fourth-order valence-electron chi connectivity index (χ4n) is 3.18. The standard InChI is InChI=1S/C18H19N3O7/c1-10-3-4-11(7-13(10)21(26)27)14(22)9-28-15(23)8-20-16(24)18(2,12-5-6-12)19-17(20)25/h3-4,7,12H,5-6,8-9H2,1-2H3,(H,19,25)/t18-/m1/s1. The molecule has 0 aromatic heterocycles. The third kappa shape index (κ3) is 3.57. The highest BCUT2D eigenvalue weighted by Gasteiger charge is 2.56. The van der Waals surface area contributed by atoms with Gasteiger partial charge in [-0.1, -0.05) is 12.1 Å². The second kappa shape index (κ2) is 7.02. The Morgan fingerprint density at radius 3 is 2.64 bits per heavy atom. The van der Waals surface area contributed by atoms with E-state index in [1.165, 1.54) is 12.1 Å². The van der Waals surface area contributed by atoms with Crippen LogP contribution in [0.5, 0.6) is 0 Å². The van der Waals surface area contributed by atoms with Crippen molar-refractivity contribution in [3.8, 4) is 0 Å². The summed E-state index contributed by atoms with van der Waals surface area (Å²) < 4.78 is 4.86. The van der Waals surface area contributed by atoms with E-state index >= 15 is 0 Å². The molecular weight excluding hydrogens is 370 g/mol. The molecule has 1 atom stereocenters. The van der Waals surface area contributed by atoms with Gasteiger partial charge in [-0.15, -0.1) is 0 Å². The van der Waals surface area contributed by atoms with Crippen LogP contribution in [-0.2, 0) is 14.3 Å². The highest BCUT2D eigenvalue weighted by molar-refractivity contribution is 6.09.